The molecule has 0 saturated heterocycles. The van der Waals surface area contributed by atoms with E-state index in [9.17, 15) is 9.59 Å². The molecule has 0 bridgehead atoms. The van der Waals surface area contributed by atoms with E-state index in [-0.39, 0.29) is 11.9 Å². The summed E-state index contributed by atoms with van der Waals surface area (Å²) in [6, 6.07) is 4.00. The SMILES string of the molecule is CCCCC(C)(CCCCC(C)(CCC)C(=O)OCCCCCn1cc(C)nn1)C(=O)OCCCc1ccncc1. The first kappa shape index (κ1) is 34.4. The van der Waals surface area contributed by atoms with Gasteiger partial charge in [0.15, 0.2) is 0 Å². The van der Waals surface area contributed by atoms with Crippen LogP contribution in [0.4, 0.5) is 0 Å². The molecule has 2 atom stereocenters. The average molecular weight is 571 g/mol. The van der Waals surface area contributed by atoms with Crippen molar-refractivity contribution >= 4 is 11.9 Å². The van der Waals surface area contributed by atoms with Crippen molar-refractivity contribution in [3.63, 3.8) is 0 Å². The van der Waals surface area contributed by atoms with Crippen molar-refractivity contribution in [1.82, 2.24) is 20.0 Å². The Morgan fingerprint density at radius 3 is 1.98 bits per heavy atom. The molecule has 0 saturated carbocycles. The van der Waals surface area contributed by atoms with Crippen LogP contribution in [0.1, 0.15) is 122 Å². The molecule has 0 aliphatic rings. The van der Waals surface area contributed by atoms with Crippen LogP contribution >= 0.6 is 0 Å². The largest absolute Gasteiger partial charge is 0.465 e. The number of nitrogens with zero attached hydrogens (tertiary/aromatic N) is 4. The predicted molar refractivity (Wildman–Crippen MR) is 162 cm³/mol. The van der Waals surface area contributed by atoms with Crippen molar-refractivity contribution in [2.45, 2.75) is 131 Å². The van der Waals surface area contributed by atoms with Gasteiger partial charge in [-0.05, 0) is 96.3 Å². The summed E-state index contributed by atoms with van der Waals surface area (Å²) in [6.07, 6.45) is 18.0. The first-order chi connectivity index (χ1) is 19.7. The number of hydrogen-bond acceptors (Lipinski definition) is 7. The molecule has 0 N–H and O–H groups in total. The first-order valence-electron chi connectivity index (χ1n) is 15.8. The Kier molecular flexibility index (Phi) is 15.6. The van der Waals surface area contributed by atoms with E-state index < -0.39 is 10.8 Å². The molecule has 8 heteroatoms. The van der Waals surface area contributed by atoms with E-state index in [4.69, 9.17) is 9.47 Å². The summed E-state index contributed by atoms with van der Waals surface area (Å²) in [5.41, 5.74) is 1.16. The molecule has 2 heterocycles. The van der Waals surface area contributed by atoms with Crippen LogP contribution in [0.15, 0.2) is 30.7 Å². The van der Waals surface area contributed by atoms with Crippen molar-refractivity contribution in [3.05, 3.63) is 42.0 Å². The van der Waals surface area contributed by atoms with Gasteiger partial charge < -0.3 is 9.47 Å². The van der Waals surface area contributed by atoms with Crippen LogP contribution in [0.25, 0.3) is 0 Å². The number of carbonyl (C=O) groups is 2. The summed E-state index contributed by atoms with van der Waals surface area (Å²) in [7, 11) is 0. The lowest BCUT2D eigenvalue weighted by Gasteiger charge is -2.29. The molecular weight excluding hydrogens is 516 g/mol. The Hall–Kier alpha value is -2.77. The molecule has 0 radical (unpaired) electrons. The number of aromatic nitrogens is 4. The van der Waals surface area contributed by atoms with Gasteiger partial charge in [0.1, 0.15) is 0 Å². The Balaban J connectivity index is 1.74. The average Bonchev–Trinajstić information content (AvgIpc) is 3.39. The summed E-state index contributed by atoms with van der Waals surface area (Å²) >= 11 is 0. The number of aryl methyl sites for hydroxylation is 3. The predicted octanol–water partition coefficient (Wildman–Crippen LogP) is 7.43. The van der Waals surface area contributed by atoms with E-state index in [0.717, 1.165) is 102 Å². The Morgan fingerprint density at radius 1 is 0.780 bits per heavy atom. The summed E-state index contributed by atoms with van der Waals surface area (Å²) < 4.78 is 13.4. The molecule has 8 nitrogen and oxygen atoms in total. The van der Waals surface area contributed by atoms with Crippen molar-refractivity contribution in [2.75, 3.05) is 13.2 Å². The molecule has 0 spiro atoms. The monoisotopic (exact) mass is 570 g/mol. The van der Waals surface area contributed by atoms with Crippen molar-refractivity contribution in [2.24, 2.45) is 10.8 Å². The lowest BCUT2D eigenvalue weighted by atomic mass is 9.77. The quantitative estimate of drug-likeness (QED) is 0.107. The molecule has 0 aromatic carbocycles. The third-order valence-electron chi connectivity index (χ3n) is 8.09. The minimum absolute atomic E-state index is 0.0876. The fourth-order valence-electron chi connectivity index (χ4n) is 5.37. The van der Waals surface area contributed by atoms with Crippen molar-refractivity contribution in [1.29, 1.82) is 0 Å². The van der Waals surface area contributed by atoms with Gasteiger partial charge in [0, 0.05) is 25.1 Å². The summed E-state index contributed by atoms with van der Waals surface area (Å²) in [4.78, 5) is 30.3. The van der Waals surface area contributed by atoms with E-state index in [1.165, 1.54) is 5.56 Å². The highest BCUT2D eigenvalue weighted by Crippen LogP contribution is 2.36. The second-order valence-electron chi connectivity index (χ2n) is 12.1. The maximum Gasteiger partial charge on any atom is 0.311 e. The molecule has 41 heavy (non-hydrogen) atoms. The smallest absolute Gasteiger partial charge is 0.311 e. The summed E-state index contributed by atoms with van der Waals surface area (Å²) in [5.74, 6) is -0.177. The zero-order valence-electron chi connectivity index (χ0n) is 26.3. The highest BCUT2D eigenvalue weighted by molar-refractivity contribution is 5.76. The summed E-state index contributed by atoms with van der Waals surface area (Å²) in [5, 5.41) is 8.08. The van der Waals surface area contributed by atoms with E-state index in [1.54, 1.807) is 12.4 Å². The normalized spacial score (nSPS) is 14.3. The molecule has 2 unspecified atom stereocenters. The van der Waals surface area contributed by atoms with Crippen LogP contribution in [0.3, 0.4) is 0 Å². The number of carbonyl (C=O) groups excluding carboxylic acids is 2. The highest BCUT2D eigenvalue weighted by atomic mass is 16.5. The zero-order chi connectivity index (χ0) is 30.0. The Morgan fingerprint density at radius 2 is 1.39 bits per heavy atom. The van der Waals surface area contributed by atoms with Gasteiger partial charge in [-0.3, -0.25) is 19.3 Å². The maximum absolute atomic E-state index is 13.1. The van der Waals surface area contributed by atoms with Gasteiger partial charge in [0.25, 0.3) is 0 Å². The lowest BCUT2D eigenvalue weighted by Crippen LogP contribution is -2.32. The molecule has 2 aromatic rings. The van der Waals surface area contributed by atoms with Crippen LogP contribution in [0.2, 0.25) is 0 Å². The second kappa shape index (κ2) is 18.6. The van der Waals surface area contributed by atoms with E-state index in [1.807, 2.05) is 36.9 Å². The molecule has 2 rings (SSSR count). The fourth-order valence-corrected chi connectivity index (χ4v) is 5.37. The minimum Gasteiger partial charge on any atom is -0.465 e. The van der Waals surface area contributed by atoms with Crippen LogP contribution in [0, 0.1) is 17.8 Å². The molecule has 0 aliphatic heterocycles. The minimum atomic E-state index is -0.487. The second-order valence-corrected chi connectivity index (χ2v) is 12.1. The lowest BCUT2D eigenvalue weighted by molar-refractivity contribution is -0.157. The van der Waals surface area contributed by atoms with Gasteiger partial charge in [-0.25, -0.2) is 0 Å². The number of unbranched alkanes of at least 4 members (excludes halogenated alkanes) is 4. The number of pyridine rings is 1. The molecule has 230 valence electrons. The molecule has 2 aromatic heterocycles. The van der Waals surface area contributed by atoms with Crippen LogP contribution in [0.5, 0.6) is 0 Å². The molecular formula is C33H54N4O4. The van der Waals surface area contributed by atoms with Crippen molar-refractivity contribution in [3.8, 4) is 0 Å². The van der Waals surface area contributed by atoms with Crippen LogP contribution in [-0.4, -0.2) is 45.1 Å². The van der Waals surface area contributed by atoms with Crippen molar-refractivity contribution < 1.29 is 19.1 Å². The number of rotatable bonds is 22. The first-order valence-corrected chi connectivity index (χ1v) is 15.8. The Labute approximate surface area is 248 Å². The fraction of sp³-hybridized carbons (Fsp3) is 0.727. The summed E-state index contributed by atoms with van der Waals surface area (Å²) in [6.45, 7) is 12.0. The third kappa shape index (κ3) is 12.7. The van der Waals surface area contributed by atoms with Gasteiger partial charge >= 0.3 is 11.9 Å². The standard InChI is InChI=1S/C33H54N4O4/c1-6-8-19-33(5,31(39)41-26-14-15-29-16-22-34-23-17-29)21-11-10-20-32(4,18-7-2)30(38)40-25-13-9-12-24-37-27-28(3)35-36-37/h16-17,22-23,27H,6-15,18-21,24-26H2,1-5H3. The van der Waals surface area contributed by atoms with Gasteiger partial charge in [-0.1, -0.05) is 51.2 Å². The maximum atomic E-state index is 13.1. The van der Waals surface area contributed by atoms with E-state index >= 15 is 0 Å². The molecule has 0 aliphatic carbocycles. The zero-order valence-corrected chi connectivity index (χ0v) is 26.3. The highest BCUT2D eigenvalue weighted by Gasteiger charge is 2.36. The number of esters is 2. The van der Waals surface area contributed by atoms with Gasteiger partial charge in [0.05, 0.1) is 29.7 Å². The van der Waals surface area contributed by atoms with E-state index in [2.05, 4.69) is 36.1 Å². The van der Waals surface area contributed by atoms with Crippen LogP contribution < -0.4 is 0 Å². The van der Waals surface area contributed by atoms with Crippen LogP contribution in [-0.2, 0) is 32.0 Å². The number of ether oxygens (including phenoxy) is 2. The number of hydrogen-bond donors (Lipinski definition) is 0. The molecule has 0 amide bonds. The van der Waals surface area contributed by atoms with Gasteiger partial charge in [-0.15, -0.1) is 5.10 Å². The third-order valence-corrected chi connectivity index (χ3v) is 8.09. The topological polar surface area (TPSA) is 96.2 Å². The van der Waals surface area contributed by atoms with Gasteiger partial charge in [0.2, 0.25) is 0 Å². The Bertz CT molecular complexity index is 1010. The van der Waals surface area contributed by atoms with E-state index in [0.29, 0.717) is 13.2 Å². The molecule has 0 fully saturated rings. The van der Waals surface area contributed by atoms with Gasteiger partial charge in [-0.2, -0.15) is 0 Å².